The van der Waals surface area contributed by atoms with Gasteiger partial charge in [0.1, 0.15) is 21.9 Å². The Morgan fingerprint density at radius 3 is 2.35 bits per heavy atom. The zero-order valence-corrected chi connectivity index (χ0v) is 10.6. The molecule has 0 aliphatic heterocycles. The number of hydrogen-bond donors (Lipinski definition) is 0. The minimum Gasteiger partial charge on any atom is -0.220 e. The van der Waals surface area contributed by atoms with E-state index in [2.05, 4.69) is 9.97 Å². The Balaban J connectivity index is 2.60. The highest BCUT2D eigenvalue weighted by molar-refractivity contribution is 6.37. The van der Waals surface area contributed by atoms with Crippen LogP contribution in [0.3, 0.4) is 0 Å². The van der Waals surface area contributed by atoms with Gasteiger partial charge in [0, 0.05) is 6.42 Å². The van der Waals surface area contributed by atoms with Gasteiger partial charge in [-0.25, -0.2) is 14.4 Å². The zero-order chi connectivity index (χ0) is 12.4. The number of rotatable bonds is 2. The standard InChI is InChI=1S/C12H9Cl2FN2/c1-2-9-16-11(13)10(12(14)17-9)7-4-3-5-8(15)6-7/h3-6H,2H2,1H3. The molecular weight excluding hydrogens is 262 g/mol. The summed E-state index contributed by atoms with van der Waals surface area (Å²) < 4.78 is 13.1. The van der Waals surface area contributed by atoms with Gasteiger partial charge in [-0.15, -0.1) is 0 Å². The summed E-state index contributed by atoms with van der Waals surface area (Å²) in [5, 5.41) is 0.486. The molecule has 0 radical (unpaired) electrons. The van der Waals surface area contributed by atoms with E-state index in [1.165, 1.54) is 12.1 Å². The van der Waals surface area contributed by atoms with Gasteiger partial charge in [0.2, 0.25) is 0 Å². The summed E-state index contributed by atoms with van der Waals surface area (Å²) in [5.74, 6) is 0.217. The van der Waals surface area contributed by atoms with E-state index in [0.29, 0.717) is 23.4 Å². The van der Waals surface area contributed by atoms with E-state index in [1.54, 1.807) is 12.1 Å². The van der Waals surface area contributed by atoms with Crippen LogP contribution >= 0.6 is 23.2 Å². The first-order valence-electron chi connectivity index (χ1n) is 5.09. The summed E-state index contributed by atoms with van der Waals surface area (Å²) >= 11 is 12.1. The average molecular weight is 271 g/mol. The molecule has 1 aromatic heterocycles. The summed E-state index contributed by atoms with van der Waals surface area (Å²) in [6, 6.07) is 6.00. The van der Waals surface area contributed by atoms with Crippen LogP contribution in [0.25, 0.3) is 11.1 Å². The minimum absolute atomic E-state index is 0.243. The number of benzene rings is 1. The molecule has 88 valence electrons. The predicted molar refractivity (Wildman–Crippen MR) is 66.8 cm³/mol. The summed E-state index contributed by atoms with van der Waals surface area (Å²) in [7, 11) is 0. The number of nitrogens with zero attached hydrogens (tertiary/aromatic N) is 2. The van der Waals surface area contributed by atoms with Crippen LogP contribution in [-0.4, -0.2) is 9.97 Å². The Morgan fingerprint density at radius 1 is 1.18 bits per heavy atom. The van der Waals surface area contributed by atoms with Crippen molar-refractivity contribution in [3.8, 4) is 11.1 Å². The minimum atomic E-state index is -0.353. The number of halogens is 3. The lowest BCUT2D eigenvalue weighted by atomic mass is 10.1. The molecule has 1 heterocycles. The van der Waals surface area contributed by atoms with Crippen LogP contribution in [0.15, 0.2) is 24.3 Å². The smallest absolute Gasteiger partial charge is 0.142 e. The molecule has 0 fully saturated rings. The molecule has 0 bridgehead atoms. The Bertz CT molecular complexity index is 535. The van der Waals surface area contributed by atoms with Crippen LogP contribution in [0, 0.1) is 5.82 Å². The molecule has 0 saturated heterocycles. The SMILES string of the molecule is CCc1nc(Cl)c(-c2cccc(F)c2)c(Cl)n1. The number of aromatic nitrogens is 2. The first-order chi connectivity index (χ1) is 8.11. The third-order valence-electron chi connectivity index (χ3n) is 2.30. The fourth-order valence-corrected chi connectivity index (χ4v) is 2.13. The molecule has 0 amide bonds. The van der Waals surface area contributed by atoms with Crippen molar-refractivity contribution in [1.82, 2.24) is 9.97 Å². The van der Waals surface area contributed by atoms with Crippen LogP contribution in [0.5, 0.6) is 0 Å². The Morgan fingerprint density at radius 2 is 1.82 bits per heavy atom. The van der Waals surface area contributed by atoms with E-state index in [1.807, 2.05) is 6.92 Å². The third kappa shape index (κ3) is 2.56. The van der Waals surface area contributed by atoms with Gasteiger partial charge in [-0.1, -0.05) is 42.3 Å². The van der Waals surface area contributed by atoms with Gasteiger partial charge in [-0.05, 0) is 17.7 Å². The monoisotopic (exact) mass is 270 g/mol. The van der Waals surface area contributed by atoms with Gasteiger partial charge < -0.3 is 0 Å². The van der Waals surface area contributed by atoms with Crippen molar-refractivity contribution in [2.45, 2.75) is 13.3 Å². The topological polar surface area (TPSA) is 25.8 Å². The second-order valence-electron chi connectivity index (χ2n) is 3.46. The second kappa shape index (κ2) is 4.98. The van der Waals surface area contributed by atoms with Crippen LogP contribution in [0.2, 0.25) is 10.3 Å². The molecule has 2 aromatic rings. The lowest BCUT2D eigenvalue weighted by Crippen LogP contribution is -1.97. The third-order valence-corrected chi connectivity index (χ3v) is 2.84. The highest BCUT2D eigenvalue weighted by Gasteiger charge is 2.13. The van der Waals surface area contributed by atoms with Gasteiger partial charge in [-0.2, -0.15) is 0 Å². The molecule has 17 heavy (non-hydrogen) atoms. The van der Waals surface area contributed by atoms with Crippen LogP contribution in [-0.2, 0) is 6.42 Å². The maximum atomic E-state index is 13.1. The number of aryl methyl sites for hydroxylation is 1. The zero-order valence-electron chi connectivity index (χ0n) is 9.04. The van der Waals surface area contributed by atoms with Crippen LogP contribution in [0.1, 0.15) is 12.7 Å². The first kappa shape index (κ1) is 12.3. The van der Waals surface area contributed by atoms with E-state index >= 15 is 0 Å². The number of hydrogen-bond acceptors (Lipinski definition) is 2. The van der Waals surface area contributed by atoms with Crippen molar-refractivity contribution in [2.75, 3.05) is 0 Å². The second-order valence-corrected chi connectivity index (χ2v) is 4.18. The maximum absolute atomic E-state index is 13.1. The van der Waals surface area contributed by atoms with Gasteiger partial charge in [0.05, 0.1) is 5.56 Å². The molecule has 0 aliphatic rings. The van der Waals surface area contributed by atoms with Crippen LogP contribution < -0.4 is 0 Å². The van der Waals surface area contributed by atoms with Crippen molar-refractivity contribution in [3.63, 3.8) is 0 Å². The average Bonchev–Trinajstić information content (AvgIpc) is 2.28. The lowest BCUT2D eigenvalue weighted by Gasteiger charge is -2.07. The Hall–Kier alpha value is -1.19. The van der Waals surface area contributed by atoms with Crippen molar-refractivity contribution >= 4 is 23.2 Å². The normalized spacial score (nSPS) is 10.6. The Kier molecular flexibility index (Phi) is 3.60. The summed E-state index contributed by atoms with van der Waals surface area (Å²) in [5.41, 5.74) is 1.03. The van der Waals surface area contributed by atoms with E-state index in [0.717, 1.165) is 0 Å². The summed E-state index contributed by atoms with van der Waals surface area (Å²) in [6.45, 7) is 1.91. The highest BCUT2D eigenvalue weighted by Crippen LogP contribution is 2.32. The molecule has 2 rings (SSSR count). The van der Waals surface area contributed by atoms with Crippen LogP contribution in [0.4, 0.5) is 4.39 Å². The van der Waals surface area contributed by atoms with Gasteiger partial charge in [0.15, 0.2) is 0 Å². The van der Waals surface area contributed by atoms with Gasteiger partial charge in [0.25, 0.3) is 0 Å². The molecule has 0 spiro atoms. The molecule has 1 aromatic carbocycles. The summed E-state index contributed by atoms with van der Waals surface area (Å²) in [6.07, 6.45) is 0.642. The van der Waals surface area contributed by atoms with E-state index in [-0.39, 0.29) is 16.1 Å². The lowest BCUT2D eigenvalue weighted by molar-refractivity contribution is 0.628. The van der Waals surface area contributed by atoms with Crippen molar-refractivity contribution in [3.05, 3.63) is 46.2 Å². The molecule has 5 heteroatoms. The van der Waals surface area contributed by atoms with E-state index in [4.69, 9.17) is 23.2 Å². The maximum Gasteiger partial charge on any atom is 0.142 e. The molecule has 0 N–H and O–H groups in total. The molecule has 0 atom stereocenters. The molecule has 2 nitrogen and oxygen atoms in total. The molecule has 0 aliphatic carbocycles. The van der Waals surface area contributed by atoms with E-state index in [9.17, 15) is 4.39 Å². The largest absolute Gasteiger partial charge is 0.220 e. The quantitative estimate of drug-likeness (QED) is 0.767. The fourth-order valence-electron chi connectivity index (χ4n) is 1.49. The highest BCUT2D eigenvalue weighted by atomic mass is 35.5. The molecule has 0 unspecified atom stereocenters. The van der Waals surface area contributed by atoms with Crippen molar-refractivity contribution in [1.29, 1.82) is 0 Å². The van der Waals surface area contributed by atoms with E-state index < -0.39 is 0 Å². The predicted octanol–water partition coefficient (Wildman–Crippen LogP) is 4.15. The molecular formula is C12H9Cl2FN2. The van der Waals surface area contributed by atoms with Crippen molar-refractivity contribution < 1.29 is 4.39 Å². The van der Waals surface area contributed by atoms with Gasteiger partial charge >= 0.3 is 0 Å². The molecule has 0 saturated carbocycles. The summed E-state index contributed by atoms with van der Waals surface area (Å²) in [4.78, 5) is 8.21. The van der Waals surface area contributed by atoms with Gasteiger partial charge in [-0.3, -0.25) is 0 Å². The fraction of sp³-hybridized carbons (Fsp3) is 0.167. The van der Waals surface area contributed by atoms with Crippen molar-refractivity contribution in [2.24, 2.45) is 0 Å². The Labute approximate surface area is 108 Å². The first-order valence-corrected chi connectivity index (χ1v) is 5.85.